The van der Waals surface area contributed by atoms with Crippen LogP contribution in [-0.2, 0) is 0 Å². The lowest BCUT2D eigenvalue weighted by Crippen LogP contribution is -2.33. The lowest BCUT2D eigenvalue weighted by molar-refractivity contribution is 0.0939. The van der Waals surface area contributed by atoms with Crippen molar-refractivity contribution in [2.75, 3.05) is 5.73 Å². The van der Waals surface area contributed by atoms with Crippen LogP contribution in [0.4, 0.5) is 5.69 Å². The number of amides is 1. The smallest absolute Gasteiger partial charge is 0.253 e. The predicted octanol–water partition coefficient (Wildman–Crippen LogP) is 2.89. The predicted molar refractivity (Wildman–Crippen MR) is 72.0 cm³/mol. The van der Waals surface area contributed by atoms with Gasteiger partial charge in [0.25, 0.3) is 5.91 Å². The molecule has 0 spiro atoms. The lowest BCUT2D eigenvalue weighted by Gasteiger charge is -2.14. The summed E-state index contributed by atoms with van der Waals surface area (Å²) in [7, 11) is 0. The van der Waals surface area contributed by atoms with Gasteiger partial charge in [-0.1, -0.05) is 31.4 Å². The highest BCUT2D eigenvalue weighted by atomic mass is 16.1. The molecule has 1 aromatic rings. The number of nitrogen functional groups attached to an aromatic ring is 1. The van der Waals surface area contributed by atoms with Crippen LogP contribution in [0.5, 0.6) is 0 Å². The summed E-state index contributed by atoms with van der Waals surface area (Å²) in [4.78, 5) is 12.0. The average Bonchev–Trinajstić information content (AvgIpc) is 2.29. The Kier molecular flexibility index (Phi) is 5.01. The van der Waals surface area contributed by atoms with E-state index in [1.807, 2.05) is 26.0 Å². The maximum Gasteiger partial charge on any atom is 0.253 e. The minimum absolute atomic E-state index is 0.0743. The SMILES string of the molecule is CCCCC(C)NC(=O)c1cc(C)ccc1N. The van der Waals surface area contributed by atoms with Gasteiger partial charge in [0.15, 0.2) is 0 Å². The molecule has 1 unspecified atom stereocenters. The van der Waals surface area contributed by atoms with Gasteiger partial charge in [-0.15, -0.1) is 0 Å². The van der Waals surface area contributed by atoms with Gasteiger partial charge in [-0.05, 0) is 32.4 Å². The minimum Gasteiger partial charge on any atom is -0.398 e. The Morgan fingerprint density at radius 2 is 2.18 bits per heavy atom. The molecule has 0 bridgehead atoms. The fraction of sp³-hybridized carbons (Fsp3) is 0.500. The molecule has 1 atom stereocenters. The van der Waals surface area contributed by atoms with E-state index in [0.717, 1.165) is 24.8 Å². The van der Waals surface area contributed by atoms with Crippen LogP contribution in [0, 0.1) is 6.92 Å². The van der Waals surface area contributed by atoms with Gasteiger partial charge in [0, 0.05) is 11.7 Å². The highest BCUT2D eigenvalue weighted by Gasteiger charge is 2.12. The molecule has 1 rings (SSSR count). The Labute approximate surface area is 103 Å². The van der Waals surface area contributed by atoms with Crippen LogP contribution >= 0.6 is 0 Å². The molecule has 17 heavy (non-hydrogen) atoms. The quantitative estimate of drug-likeness (QED) is 0.770. The molecule has 1 aromatic carbocycles. The first-order valence-electron chi connectivity index (χ1n) is 6.21. The standard InChI is InChI=1S/C14H22N2O/c1-4-5-6-11(3)16-14(17)12-9-10(2)7-8-13(12)15/h7-9,11H,4-6,15H2,1-3H3,(H,16,17). The van der Waals surface area contributed by atoms with Crippen molar-refractivity contribution in [3.63, 3.8) is 0 Å². The Morgan fingerprint density at radius 1 is 1.47 bits per heavy atom. The van der Waals surface area contributed by atoms with Gasteiger partial charge in [0.05, 0.1) is 5.56 Å². The van der Waals surface area contributed by atoms with E-state index in [0.29, 0.717) is 11.3 Å². The average molecular weight is 234 g/mol. The number of unbranched alkanes of at least 4 members (excludes halogenated alkanes) is 1. The van der Waals surface area contributed by atoms with E-state index in [2.05, 4.69) is 12.2 Å². The molecule has 3 N–H and O–H groups in total. The molecular formula is C14H22N2O. The summed E-state index contributed by atoms with van der Waals surface area (Å²) in [5.74, 6) is -0.0743. The van der Waals surface area contributed by atoms with Crippen LogP contribution in [0.3, 0.4) is 0 Å². The Morgan fingerprint density at radius 3 is 2.82 bits per heavy atom. The third-order valence-corrected chi connectivity index (χ3v) is 2.82. The fourth-order valence-corrected chi connectivity index (χ4v) is 1.75. The number of hydrogen-bond acceptors (Lipinski definition) is 2. The Hall–Kier alpha value is -1.51. The number of anilines is 1. The van der Waals surface area contributed by atoms with Crippen LogP contribution in [-0.4, -0.2) is 11.9 Å². The molecule has 0 saturated heterocycles. The molecule has 0 saturated carbocycles. The summed E-state index contributed by atoms with van der Waals surface area (Å²) in [6.45, 7) is 6.13. The molecule has 0 heterocycles. The van der Waals surface area contributed by atoms with Crippen molar-refractivity contribution >= 4 is 11.6 Å². The monoisotopic (exact) mass is 234 g/mol. The Balaban J connectivity index is 2.66. The van der Waals surface area contributed by atoms with E-state index in [1.54, 1.807) is 6.07 Å². The van der Waals surface area contributed by atoms with E-state index >= 15 is 0 Å². The van der Waals surface area contributed by atoms with Crippen LogP contribution < -0.4 is 11.1 Å². The maximum atomic E-state index is 12.0. The van der Waals surface area contributed by atoms with E-state index < -0.39 is 0 Å². The number of benzene rings is 1. The van der Waals surface area contributed by atoms with Crippen molar-refractivity contribution in [1.29, 1.82) is 0 Å². The molecule has 3 nitrogen and oxygen atoms in total. The van der Waals surface area contributed by atoms with Gasteiger partial charge in [0.2, 0.25) is 0 Å². The largest absolute Gasteiger partial charge is 0.398 e. The normalized spacial score (nSPS) is 12.2. The molecular weight excluding hydrogens is 212 g/mol. The van der Waals surface area contributed by atoms with E-state index in [-0.39, 0.29) is 11.9 Å². The van der Waals surface area contributed by atoms with Crippen molar-refractivity contribution in [3.8, 4) is 0 Å². The molecule has 0 aliphatic rings. The number of carbonyl (C=O) groups excluding carboxylic acids is 1. The third kappa shape index (κ3) is 4.10. The second-order valence-corrected chi connectivity index (χ2v) is 4.61. The van der Waals surface area contributed by atoms with Crippen LogP contribution in [0.15, 0.2) is 18.2 Å². The summed E-state index contributed by atoms with van der Waals surface area (Å²) in [6.07, 6.45) is 3.28. The molecule has 0 aliphatic heterocycles. The second kappa shape index (κ2) is 6.28. The Bertz CT molecular complexity index is 388. The molecule has 0 radical (unpaired) electrons. The van der Waals surface area contributed by atoms with Gasteiger partial charge in [-0.25, -0.2) is 0 Å². The van der Waals surface area contributed by atoms with Crippen LogP contribution in [0.2, 0.25) is 0 Å². The summed E-state index contributed by atoms with van der Waals surface area (Å²) in [5.41, 5.74) is 7.97. The molecule has 3 heteroatoms. The number of nitrogens with two attached hydrogens (primary N) is 1. The van der Waals surface area contributed by atoms with E-state index in [9.17, 15) is 4.79 Å². The molecule has 0 aromatic heterocycles. The number of hydrogen-bond donors (Lipinski definition) is 2. The number of carbonyl (C=O) groups is 1. The zero-order chi connectivity index (χ0) is 12.8. The third-order valence-electron chi connectivity index (χ3n) is 2.82. The molecule has 94 valence electrons. The first kappa shape index (κ1) is 13.6. The topological polar surface area (TPSA) is 55.1 Å². The minimum atomic E-state index is -0.0743. The zero-order valence-electron chi connectivity index (χ0n) is 10.9. The zero-order valence-corrected chi connectivity index (χ0v) is 10.9. The summed E-state index contributed by atoms with van der Waals surface area (Å²) < 4.78 is 0. The molecule has 1 amide bonds. The molecule has 0 aliphatic carbocycles. The summed E-state index contributed by atoms with van der Waals surface area (Å²) >= 11 is 0. The van der Waals surface area contributed by atoms with Crippen molar-refractivity contribution in [2.24, 2.45) is 0 Å². The summed E-state index contributed by atoms with van der Waals surface area (Å²) in [6, 6.07) is 5.72. The first-order chi connectivity index (χ1) is 8.04. The van der Waals surface area contributed by atoms with Gasteiger partial charge >= 0.3 is 0 Å². The summed E-state index contributed by atoms with van der Waals surface area (Å²) in [5, 5.41) is 2.98. The number of nitrogens with one attached hydrogen (secondary N) is 1. The van der Waals surface area contributed by atoms with Gasteiger partial charge in [-0.3, -0.25) is 4.79 Å². The lowest BCUT2D eigenvalue weighted by atomic mass is 10.1. The van der Waals surface area contributed by atoms with Crippen molar-refractivity contribution in [3.05, 3.63) is 29.3 Å². The number of aryl methyl sites for hydroxylation is 1. The second-order valence-electron chi connectivity index (χ2n) is 4.61. The van der Waals surface area contributed by atoms with Gasteiger partial charge < -0.3 is 11.1 Å². The fourth-order valence-electron chi connectivity index (χ4n) is 1.75. The highest BCUT2D eigenvalue weighted by Crippen LogP contribution is 2.14. The highest BCUT2D eigenvalue weighted by molar-refractivity contribution is 5.99. The van der Waals surface area contributed by atoms with Gasteiger partial charge in [-0.2, -0.15) is 0 Å². The van der Waals surface area contributed by atoms with Crippen molar-refractivity contribution in [1.82, 2.24) is 5.32 Å². The maximum absolute atomic E-state index is 12.0. The van der Waals surface area contributed by atoms with E-state index in [1.165, 1.54) is 0 Å². The van der Waals surface area contributed by atoms with Crippen molar-refractivity contribution in [2.45, 2.75) is 46.1 Å². The van der Waals surface area contributed by atoms with Crippen LogP contribution in [0.1, 0.15) is 49.0 Å². The first-order valence-corrected chi connectivity index (χ1v) is 6.21. The molecule has 0 fully saturated rings. The van der Waals surface area contributed by atoms with Crippen LogP contribution in [0.25, 0.3) is 0 Å². The number of rotatable bonds is 5. The van der Waals surface area contributed by atoms with E-state index in [4.69, 9.17) is 5.73 Å². The van der Waals surface area contributed by atoms with Crippen molar-refractivity contribution < 1.29 is 4.79 Å². The van der Waals surface area contributed by atoms with Gasteiger partial charge in [0.1, 0.15) is 0 Å².